The fourth-order valence-corrected chi connectivity index (χ4v) is 2.96. The van der Waals surface area contributed by atoms with Crippen molar-refractivity contribution in [3.63, 3.8) is 0 Å². The summed E-state index contributed by atoms with van der Waals surface area (Å²) in [6.45, 7) is 1.79. The standard InChI is InChI=1S/C15H11Cl2FN2O2/c1-7-14(9-3-2-8(18)4-12(9)22-7)20-15(21)13-10(16)5-19-6-11(13)17/h2-7,14H,1H3,(H,20,21)/t7-,14+/m0/s1. The molecule has 0 bridgehead atoms. The second-order valence-corrected chi connectivity index (χ2v) is 5.75. The number of carbonyl (C=O) groups excluding carboxylic acids is 1. The number of rotatable bonds is 2. The predicted octanol–water partition coefficient (Wildman–Crippen LogP) is 3.78. The van der Waals surface area contributed by atoms with Crippen molar-refractivity contribution in [3.05, 3.63) is 57.6 Å². The van der Waals surface area contributed by atoms with Gasteiger partial charge in [-0.05, 0) is 13.0 Å². The van der Waals surface area contributed by atoms with Gasteiger partial charge in [-0.25, -0.2) is 4.39 Å². The summed E-state index contributed by atoms with van der Waals surface area (Å²) >= 11 is 12.0. The van der Waals surface area contributed by atoms with Crippen molar-refractivity contribution in [2.45, 2.75) is 19.1 Å². The van der Waals surface area contributed by atoms with E-state index in [-0.39, 0.29) is 21.7 Å². The average molecular weight is 341 g/mol. The molecule has 1 aliphatic heterocycles. The molecule has 114 valence electrons. The number of amides is 1. The maximum absolute atomic E-state index is 13.2. The van der Waals surface area contributed by atoms with E-state index < -0.39 is 17.8 Å². The molecule has 0 radical (unpaired) electrons. The number of ether oxygens (including phenoxy) is 1. The van der Waals surface area contributed by atoms with Gasteiger partial charge in [0.15, 0.2) is 0 Å². The molecule has 2 atom stereocenters. The van der Waals surface area contributed by atoms with E-state index in [2.05, 4.69) is 10.3 Å². The van der Waals surface area contributed by atoms with Crippen LogP contribution in [0.15, 0.2) is 30.6 Å². The first kappa shape index (κ1) is 15.1. The molecule has 0 saturated carbocycles. The quantitative estimate of drug-likeness (QED) is 0.904. The molecular formula is C15H11Cl2FN2O2. The van der Waals surface area contributed by atoms with Crippen LogP contribution in [0.5, 0.6) is 5.75 Å². The Bertz CT molecular complexity index is 734. The Balaban J connectivity index is 1.89. The molecule has 0 aliphatic carbocycles. The normalized spacial score (nSPS) is 19.5. The highest BCUT2D eigenvalue weighted by Crippen LogP contribution is 2.37. The van der Waals surface area contributed by atoms with Crippen LogP contribution in [0, 0.1) is 5.82 Å². The van der Waals surface area contributed by atoms with Gasteiger partial charge in [0.2, 0.25) is 0 Å². The number of halogens is 3. The molecule has 3 rings (SSSR count). The van der Waals surface area contributed by atoms with Crippen LogP contribution >= 0.6 is 23.2 Å². The average Bonchev–Trinajstić information content (AvgIpc) is 2.74. The van der Waals surface area contributed by atoms with E-state index in [0.29, 0.717) is 11.3 Å². The van der Waals surface area contributed by atoms with Crippen molar-refractivity contribution in [1.29, 1.82) is 0 Å². The van der Waals surface area contributed by atoms with E-state index in [1.807, 2.05) is 0 Å². The highest BCUT2D eigenvalue weighted by atomic mass is 35.5. The van der Waals surface area contributed by atoms with Crippen LogP contribution in [0.2, 0.25) is 10.0 Å². The fraction of sp³-hybridized carbons (Fsp3) is 0.200. The number of aromatic nitrogens is 1. The van der Waals surface area contributed by atoms with Crippen LogP contribution in [-0.2, 0) is 0 Å². The molecule has 1 aliphatic rings. The summed E-state index contributed by atoms with van der Waals surface area (Å²) in [5, 5.41) is 3.14. The van der Waals surface area contributed by atoms with Crippen molar-refractivity contribution in [3.8, 4) is 5.75 Å². The molecule has 0 saturated heterocycles. The molecular weight excluding hydrogens is 330 g/mol. The molecule has 2 aromatic rings. The number of nitrogens with one attached hydrogen (secondary N) is 1. The second kappa shape index (κ2) is 5.74. The highest BCUT2D eigenvalue weighted by Gasteiger charge is 2.33. The molecule has 7 heteroatoms. The summed E-state index contributed by atoms with van der Waals surface area (Å²) in [5.41, 5.74) is 0.865. The number of carbonyl (C=O) groups is 1. The van der Waals surface area contributed by atoms with E-state index in [1.165, 1.54) is 24.5 Å². The Hall–Kier alpha value is -1.85. The zero-order valence-corrected chi connectivity index (χ0v) is 13.0. The van der Waals surface area contributed by atoms with Gasteiger partial charge in [-0.2, -0.15) is 0 Å². The van der Waals surface area contributed by atoms with Gasteiger partial charge < -0.3 is 10.1 Å². The number of nitrogens with zero attached hydrogens (tertiary/aromatic N) is 1. The minimum absolute atomic E-state index is 0.154. The molecule has 0 spiro atoms. The number of benzene rings is 1. The summed E-state index contributed by atoms with van der Waals surface area (Å²) < 4.78 is 18.8. The van der Waals surface area contributed by atoms with Crippen molar-refractivity contribution in [2.75, 3.05) is 0 Å². The lowest BCUT2D eigenvalue weighted by Crippen LogP contribution is -2.34. The third-order valence-electron chi connectivity index (χ3n) is 3.46. The zero-order valence-electron chi connectivity index (χ0n) is 11.4. The van der Waals surface area contributed by atoms with Crippen LogP contribution in [0.25, 0.3) is 0 Å². The van der Waals surface area contributed by atoms with E-state index in [9.17, 15) is 9.18 Å². The first-order valence-corrected chi connectivity index (χ1v) is 7.29. The second-order valence-electron chi connectivity index (χ2n) is 4.93. The maximum Gasteiger partial charge on any atom is 0.255 e. The van der Waals surface area contributed by atoms with Gasteiger partial charge >= 0.3 is 0 Å². The Morgan fingerprint density at radius 1 is 1.32 bits per heavy atom. The smallest absolute Gasteiger partial charge is 0.255 e. The van der Waals surface area contributed by atoms with Gasteiger partial charge in [-0.1, -0.05) is 29.3 Å². The Morgan fingerprint density at radius 3 is 2.68 bits per heavy atom. The number of pyridine rings is 1. The summed E-state index contributed by atoms with van der Waals surface area (Å²) in [7, 11) is 0. The first-order chi connectivity index (χ1) is 10.5. The molecule has 0 unspecified atom stereocenters. The van der Waals surface area contributed by atoms with Gasteiger partial charge in [0.05, 0.1) is 21.7 Å². The maximum atomic E-state index is 13.2. The van der Waals surface area contributed by atoms with E-state index in [4.69, 9.17) is 27.9 Å². The Kier molecular flexibility index (Phi) is 3.93. The summed E-state index contributed by atoms with van der Waals surface area (Å²) in [6, 6.07) is 3.80. The number of fused-ring (bicyclic) bond motifs is 1. The van der Waals surface area contributed by atoms with Crippen LogP contribution < -0.4 is 10.1 Å². The molecule has 22 heavy (non-hydrogen) atoms. The summed E-state index contributed by atoms with van der Waals surface area (Å²) in [5.74, 6) is -0.405. The van der Waals surface area contributed by atoms with Gasteiger partial charge in [0, 0.05) is 24.0 Å². The third-order valence-corrected chi connectivity index (χ3v) is 4.03. The van der Waals surface area contributed by atoms with Gasteiger partial charge in [0.25, 0.3) is 5.91 Å². The minimum Gasteiger partial charge on any atom is -0.488 e. The lowest BCUT2D eigenvalue weighted by molar-refractivity contribution is 0.0908. The lowest BCUT2D eigenvalue weighted by Gasteiger charge is -2.17. The molecule has 1 aromatic carbocycles. The lowest BCUT2D eigenvalue weighted by atomic mass is 10.0. The van der Waals surface area contributed by atoms with Crippen LogP contribution in [0.1, 0.15) is 28.9 Å². The molecule has 2 heterocycles. The SMILES string of the molecule is C[C@@H]1Oc2cc(F)ccc2[C@@H]1NC(=O)c1c(Cl)cncc1Cl. The molecule has 1 amide bonds. The Labute approximate surface area is 136 Å². The van der Waals surface area contributed by atoms with Crippen LogP contribution in [0.4, 0.5) is 4.39 Å². The largest absolute Gasteiger partial charge is 0.488 e. The van der Waals surface area contributed by atoms with Crippen LogP contribution in [0.3, 0.4) is 0 Å². The monoisotopic (exact) mass is 340 g/mol. The topological polar surface area (TPSA) is 51.2 Å². The van der Waals surface area contributed by atoms with Gasteiger partial charge in [-0.15, -0.1) is 0 Å². The predicted molar refractivity (Wildman–Crippen MR) is 81.0 cm³/mol. The van der Waals surface area contributed by atoms with Crippen molar-refractivity contribution in [1.82, 2.24) is 10.3 Å². The number of hydrogen-bond acceptors (Lipinski definition) is 3. The van der Waals surface area contributed by atoms with E-state index in [1.54, 1.807) is 13.0 Å². The molecule has 4 nitrogen and oxygen atoms in total. The molecule has 1 N–H and O–H groups in total. The number of hydrogen-bond donors (Lipinski definition) is 1. The zero-order chi connectivity index (χ0) is 15.9. The van der Waals surface area contributed by atoms with Gasteiger partial charge in [0.1, 0.15) is 17.7 Å². The highest BCUT2D eigenvalue weighted by molar-refractivity contribution is 6.39. The van der Waals surface area contributed by atoms with Gasteiger partial charge in [-0.3, -0.25) is 9.78 Å². The molecule has 0 fully saturated rings. The third kappa shape index (κ3) is 2.62. The first-order valence-electron chi connectivity index (χ1n) is 6.53. The summed E-state index contributed by atoms with van der Waals surface area (Å²) in [4.78, 5) is 16.2. The minimum atomic E-state index is -0.435. The van der Waals surface area contributed by atoms with E-state index >= 15 is 0 Å². The molecule has 1 aromatic heterocycles. The van der Waals surface area contributed by atoms with E-state index in [0.717, 1.165) is 0 Å². The van der Waals surface area contributed by atoms with Crippen molar-refractivity contribution in [2.24, 2.45) is 0 Å². The Morgan fingerprint density at radius 2 is 2.00 bits per heavy atom. The van der Waals surface area contributed by atoms with Crippen LogP contribution in [-0.4, -0.2) is 17.0 Å². The van der Waals surface area contributed by atoms with Crippen molar-refractivity contribution >= 4 is 29.1 Å². The van der Waals surface area contributed by atoms with Crippen molar-refractivity contribution < 1.29 is 13.9 Å². The fourth-order valence-electron chi connectivity index (χ4n) is 2.43. The summed E-state index contributed by atoms with van der Waals surface area (Å²) in [6.07, 6.45) is 2.36.